The summed E-state index contributed by atoms with van der Waals surface area (Å²) in [5.41, 5.74) is -5.58. The lowest BCUT2D eigenvalue weighted by Crippen LogP contribution is -2.51. The second-order valence-corrected chi connectivity index (χ2v) is 6.15. The summed E-state index contributed by atoms with van der Waals surface area (Å²) in [6.45, 7) is 1.47. The Morgan fingerprint density at radius 2 is 2.16 bits per heavy atom. The predicted octanol–water partition coefficient (Wildman–Crippen LogP) is 0.287. The van der Waals surface area contributed by atoms with Crippen LogP contribution < -0.4 is 10.6 Å². The minimum atomic E-state index is -4.76. The van der Waals surface area contributed by atoms with E-state index in [0.717, 1.165) is 0 Å². The molecule has 1 rings (SSSR count). The van der Waals surface area contributed by atoms with Crippen LogP contribution in [-0.2, 0) is 20.4 Å². The SMILES string of the molecule is CC1(C(=O)NCCS(=O)C(F)(F)F)CCC(=O)NC1. The molecule has 2 atom stereocenters. The number of alkyl halides is 3. The number of carbonyl (C=O) groups is 2. The largest absolute Gasteiger partial charge is 0.471 e. The van der Waals surface area contributed by atoms with Crippen molar-refractivity contribution in [2.75, 3.05) is 18.8 Å². The molecule has 0 aromatic carbocycles. The number of hydrogen-bond donors (Lipinski definition) is 2. The minimum absolute atomic E-state index is 0.150. The van der Waals surface area contributed by atoms with Crippen LogP contribution in [0.5, 0.6) is 0 Å². The molecule has 0 aromatic heterocycles. The summed E-state index contributed by atoms with van der Waals surface area (Å²) >= 11 is 0. The predicted molar refractivity (Wildman–Crippen MR) is 62.4 cm³/mol. The number of rotatable bonds is 4. The number of nitrogens with one attached hydrogen (secondary N) is 2. The first kappa shape index (κ1) is 15.9. The van der Waals surface area contributed by atoms with Crippen molar-refractivity contribution >= 4 is 22.6 Å². The third-order valence-electron chi connectivity index (χ3n) is 2.96. The molecule has 0 spiro atoms. The fourth-order valence-electron chi connectivity index (χ4n) is 1.64. The smallest absolute Gasteiger partial charge is 0.355 e. The molecule has 0 aromatic rings. The lowest BCUT2D eigenvalue weighted by atomic mass is 9.81. The number of hydrogen-bond acceptors (Lipinski definition) is 3. The molecule has 2 unspecified atom stereocenters. The number of carbonyl (C=O) groups excluding carboxylic acids is 2. The van der Waals surface area contributed by atoms with Crippen LogP contribution in [-0.4, -0.2) is 40.4 Å². The van der Waals surface area contributed by atoms with Crippen LogP contribution in [0.15, 0.2) is 0 Å². The molecule has 1 saturated heterocycles. The van der Waals surface area contributed by atoms with E-state index >= 15 is 0 Å². The minimum Gasteiger partial charge on any atom is -0.355 e. The van der Waals surface area contributed by atoms with Gasteiger partial charge in [0.1, 0.15) is 10.8 Å². The quantitative estimate of drug-likeness (QED) is 0.783. The van der Waals surface area contributed by atoms with Gasteiger partial charge in [0.05, 0.1) is 5.41 Å². The van der Waals surface area contributed by atoms with Gasteiger partial charge in [-0.05, 0) is 13.3 Å². The molecule has 1 heterocycles. The van der Waals surface area contributed by atoms with E-state index in [4.69, 9.17) is 0 Å². The molecule has 2 N–H and O–H groups in total. The van der Waals surface area contributed by atoms with Gasteiger partial charge < -0.3 is 10.6 Å². The first-order chi connectivity index (χ1) is 8.65. The van der Waals surface area contributed by atoms with E-state index in [1.165, 1.54) is 0 Å². The summed E-state index contributed by atoms with van der Waals surface area (Å²) < 4.78 is 46.7. The Labute approximate surface area is 110 Å². The van der Waals surface area contributed by atoms with Crippen LogP contribution in [0.4, 0.5) is 13.2 Å². The molecule has 0 bridgehead atoms. The average molecular weight is 300 g/mol. The molecular weight excluding hydrogens is 285 g/mol. The van der Waals surface area contributed by atoms with E-state index in [1.807, 2.05) is 0 Å². The van der Waals surface area contributed by atoms with Gasteiger partial charge in [-0.1, -0.05) is 0 Å². The fraction of sp³-hybridized carbons (Fsp3) is 0.800. The van der Waals surface area contributed by atoms with E-state index in [9.17, 15) is 27.0 Å². The standard InChI is InChI=1S/C10H15F3N2O3S/c1-9(3-2-7(16)15-6-9)8(17)14-4-5-19(18)10(11,12)13/h2-6H2,1H3,(H,14,17)(H,15,16). The van der Waals surface area contributed by atoms with Gasteiger partial charge in [0, 0.05) is 25.3 Å². The molecule has 19 heavy (non-hydrogen) atoms. The molecule has 0 radical (unpaired) electrons. The topological polar surface area (TPSA) is 75.3 Å². The van der Waals surface area contributed by atoms with Crippen LogP contribution in [0.1, 0.15) is 19.8 Å². The molecule has 0 saturated carbocycles. The van der Waals surface area contributed by atoms with Crippen molar-refractivity contribution in [1.82, 2.24) is 10.6 Å². The summed E-state index contributed by atoms with van der Waals surface area (Å²) in [5.74, 6) is -1.26. The molecular formula is C10H15F3N2O3S. The molecule has 1 aliphatic heterocycles. The van der Waals surface area contributed by atoms with Crippen LogP contribution in [0.25, 0.3) is 0 Å². The number of piperidine rings is 1. The molecule has 5 nitrogen and oxygen atoms in total. The van der Waals surface area contributed by atoms with Crippen molar-refractivity contribution in [1.29, 1.82) is 0 Å². The number of halogens is 3. The highest BCUT2D eigenvalue weighted by molar-refractivity contribution is 7.85. The maximum Gasteiger partial charge on any atom is 0.471 e. The van der Waals surface area contributed by atoms with Crippen molar-refractivity contribution < 1.29 is 27.0 Å². The lowest BCUT2D eigenvalue weighted by Gasteiger charge is -2.32. The van der Waals surface area contributed by atoms with Gasteiger partial charge >= 0.3 is 5.51 Å². The van der Waals surface area contributed by atoms with Gasteiger partial charge in [0.2, 0.25) is 11.8 Å². The van der Waals surface area contributed by atoms with Gasteiger partial charge in [-0.25, -0.2) is 0 Å². The van der Waals surface area contributed by atoms with Crippen LogP contribution in [0.3, 0.4) is 0 Å². The third kappa shape index (κ3) is 4.48. The summed E-state index contributed by atoms with van der Waals surface area (Å²) in [6.07, 6.45) is 0.547. The molecule has 9 heteroatoms. The van der Waals surface area contributed by atoms with E-state index in [-0.39, 0.29) is 25.4 Å². The van der Waals surface area contributed by atoms with E-state index in [1.54, 1.807) is 6.92 Å². The fourth-order valence-corrected chi connectivity index (χ4v) is 2.16. The van der Waals surface area contributed by atoms with E-state index in [2.05, 4.69) is 10.6 Å². The van der Waals surface area contributed by atoms with Crippen molar-refractivity contribution in [2.24, 2.45) is 5.41 Å². The van der Waals surface area contributed by atoms with Crippen molar-refractivity contribution in [3.8, 4) is 0 Å². The zero-order valence-corrected chi connectivity index (χ0v) is 11.1. The highest BCUT2D eigenvalue weighted by Crippen LogP contribution is 2.26. The van der Waals surface area contributed by atoms with E-state index < -0.39 is 33.4 Å². The Kier molecular flexibility index (Phi) is 4.94. The Morgan fingerprint density at radius 3 is 2.63 bits per heavy atom. The highest BCUT2D eigenvalue weighted by Gasteiger charge is 2.38. The summed E-state index contributed by atoms with van der Waals surface area (Å²) in [7, 11) is -2.96. The normalized spacial score (nSPS) is 25.6. The molecule has 0 aliphatic carbocycles. The molecule has 110 valence electrons. The van der Waals surface area contributed by atoms with Gasteiger partial charge in [-0.3, -0.25) is 13.8 Å². The molecule has 1 aliphatic rings. The van der Waals surface area contributed by atoms with Crippen LogP contribution >= 0.6 is 0 Å². The zero-order chi connectivity index (χ0) is 14.7. The average Bonchev–Trinajstić information content (AvgIpc) is 2.31. The first-order valence-corrected chi connectivity index (χ1v) is 6.97. The highest BCUT2D eigenvalue weighted by atomic mass is 32.2. The zero-order valence-electron chi connectivity index (χ0n) is 10.3. The lowest BCUT2D eigenvalue weighted by molar-refractivity contribution is -0.134. The number of amides is 2. The van der Waals surface area contributed by atoms with Crippen molar-refractivity contribution in [3.05, 3.63) is 0 Å². The summed E-state index contributed by atoms with van der Waals surface area (Å²) in [4.78, 5) is 22.8. The summed E-state index contributed by atoms with van der Waals surface area (Å²) in [5, 5.41) is 4.86. The van der Waals surface area contributed by atoms with Gasteiger partial charge in [0.15, 0.2) is 0 Å². The summed E-state index contributed by atoms with van der Waals surface area (Å²) in [6, 6.07) is 0. The van der Waals surface area contributed by atoms with Crippen LogP contribution in [0, 0.1) is 5.41 Å². The first-order valence-electron chi connectivity index (χ1n) is 5.65. The second kappa shape index (κ2) is 5.89. The van der Waals surface area contributed by atoms with E-state index in [0.29, 0.717) is 6.42 Å². The van der Waals surface area contributed by atoms with Gasteiger partial charge in [-0.2, -0.15) is 13.2 Å². The Hall–Kier alpha value is -1.12. The second-order valence-electron chi connectivity index (χ2n) is 4.59. The maximum absolute atomic E-state index is 12.0. The third-order valence-corrected chi connectivity index (χ3v) is 4.05. The Balaban J connectivity index is 2.39. The van der Waals surface area contributed by atoms with Gasteiger partial charge in [0.25, 0.3) is 0 Å². The Morgan fingerprint density at radius 1 is 1.53 bits per heavy atom. The Bertz CT molecular complexity index is 388. The molecule has 1 fully saturated rings. The van der Waals surface area contributed by atoms with Crippen molar-refractivity contribution in [3.63, 3.8) is 0 Å². The van der Waals surface area contributed by atoms with Crippen LogP contribution in [0.2, 0.25) is 0 Å². The monoisotopic (exact) mass is 300 g/mol. The van der Waals surface area contributed by atoms with Gasteiger partial charge in [-0.15, -0.1) is 0 Å². The maximum atomic E-state index is 12.0. The van der Waals surface area contributed by atoms with Crippen molar-refractivity contribution in [2.45, 2.75) is 25.3 Å². The molecule has 2 amide bonds.